The minimum absolute atomic E-state index is 0.102. The van der Waals surface area contributed by atoms with Crippen molar-refractivity contribution in [2.45, 2.75) is 26.8 Å². The fourth-order valence-electron chi connectivity index (χ4n) is 2.24. The van der Waals surface area contributed by atoms with Gasteiger partial charge in [-0.05, 0) is 38.5 Å². The third-order valence-electron chi connectivity index (χ3n) is 3.11. The normalized spacial score (nSPS) is 12.3. The summed E-state index contributed by atoms with van der Waals surface area (Å²) in [6.07, 6.45) is 0. The first-order valence-corrected chi connectivity index (χ1v) is 7.49. The fourth-order valence-corrected chi connectivity index (χ4v) is 3.17. The largest absolute Gasteiger partial charge is 0.376 e. The SMILES string of the molecule is Cc1cc(C)cc(C(C)Nc2c(Cl)cc(Cl)cc2Cl)c1. The molecular formula is C16H16Cl3N. The van der Waals surface area contributed by atoms with Gasteiger partial charge in [0.1, 0.15) is 0 Å². The van der Waals surface area contributed by atoms with Crippen LogP contribution < -0.4 is 5.32 Å². The molecule has 1 unspecified atom stereocenters. The van der Waals surface area contributed by atoms with Gasteiger partial charge in [0.15, 0.2) is 0 Å². The van der Waals surface area contributed by atoms with Gasteiger partial charge < -0.3 is 5.32 Å². The van der Waals surface area contributed by atoms with Gasteiger partial charge in [0.25, 0.3) is 0 Å². The third-order valence-corrected chi connectivity index (χ3v) is 3.93. The monoisotopic (exact) mass is 327 g/mol. The van der Waals surface area contributed by atoms with Crippen LogP contribution in [0.3, 0.4) is 0 Å². The van der Waals surface area contributed by atoms with Gasteiger partial charge in [0, 0.05) is 11.1 Å². The van der Waals surface area contributed by atoms with E-state index in [4.69, 9.17) is 34.8 Å². The number of hydrogen-bond donors (Lipinski definition) is 1. The highest BCUT2D eigenvalue weighted by molar-refractivity contribution is 6.41. The van der Waals surface area contributed by atoms with Crippen LogP contribution in [0.1, 0.15) is 29.7 Å². The van der Waals surface area contributed by atoms with Gasteiger partial charge in [0.2, 0.25) is 0 Å². The number of nitrogens with one attached hydrogen (secondary N) is 1. The zero-order valence-corrected chi connectivity index (χ0v) is 13.9. The van der Waals surface area contributed by atoms with Crippen LogP contribution in [0, 0.1) is 13.8 Å². The van der Waals surface area contributed by atoms with E-state index in [2.05, 4.69) is 44.3 Å². The van der Waals surface area contributed by atoms with Crippen molar-refractivity contribution in [3.8, 4) is 0 Å². The van der Waals surface area contributed by atoms with Gasteiger partial charge >= 0.3 is 0 Å². The summed E-state index contributed by atoms with van der Waals surface area (Å²) in [6, 6.07) is 9.94. The third kappa shape index (κ3) is 3.60. The van der Waals surface area contributed by atoms with Crippen molar-refractivity contribution in [2.75, 3.05) is 5.32 Å². The van der Waals surface area contributed by atoms with Gasteiger partial charge in [-0.2, -0.15) is 0 Å². The molecule has 4 heteroatoms. The van der Waals surface area contributed by atoms with Crippen molar-refractivity contribution in [1.82, 2.24) is 0 Å². The summed E-state index contributed by atoms with van der Waals surface area (Å²) in [5.41, 5.74) is 4.39. The molecule has 20 heavy (non-hydrogen) atoms. The van der Waals surface area contributed by atoms with Crippen LogP contribution in [-0.4, -0.2) is 0 Å². The van der Waals surface area contributed by atoms with Crippen molar-refractivity contribution >= 4 is 40.5 Å². The molecular weight excluding hydrogens is 313 g/mol. The zero-order valence-electron chi connectivity index (χ0n) is 11.6. The number of benzene rings is 2. The quantitative estimate of drug-likeness (QED) is 0.684. The van der Waals surface area contributed by atoms with Crippen LogP contribution in [0.2, 0.25) is 15.1 Å². The van der Waals surface area contributed by atoms with E-state index in [1.165, 1.54) is 16.7 Å². The molecule has 2 aromatic carbocycles. The second-order valence-corrected chi connectivity index (χ2v) is 6.28. The van der Waals surface area contributed by atoms with Crippen molar-refractivity contribution < 1.29 is 0 Å². The van der Waals surface area contributed by atoms with Crippen molar-refractivity contribution in [1.29, 1.82) is 0 Å². The first-order chi connectivity index (χ1) is 9.36. The van der Waals surface area contributed by atoms with Crippen molar-refractivity contribution in [2.24, 2.45) is 0 Å². The van der Waals surface area contributed by atoms with E-state index >= 15 is 0 Å². The summed E-state index contributed by atoms with van der Waals surface area (Å²) >= 11 is 18.3. The average molecular weight is 329 g/mol. The molecule has 0 spiro atoms. The molecule has 0 aliphatic rings. The Hall–Kier alpha value is -0.890. The standard InChI is InChI=1S/C16H16Cl3N/c1-9-4-10(2)6-12(5-9)11(3)20-16-14(18)7-13(17)8-15(16)19/h4-8,11,20H,1-3H3. The molecule has 2 rings (SSSR count). The average Bonchev–Trinajstić information content (AvgIpc) is 2.32. The fraction of sp³-hybridized carbons (Fsp3) is 0.250. The number of halogens is 3. The Kier molecular flexibility index (Phi) is 4.85. The smallest absolute Gasteiger partial charge is 0.0724 e. The van der Waals surface area contributed by atoms with Gasteiger partial charge in [0.05, 0.1) is 15.7 Å². The van der Waals surface area contributed by atoms with E-state index in [9.17, 15) is 0 Å². The zero-order chi connectivity index (χ0) is 14.9. The molecule has 2 aromatic rings. The summed E-state index contributed by atoms with van der Waals surface area (Å²) in [4.78, 5) is 0. The molecule has 0 amide bonds. The van der Waals surface area contributed by atoms with Gasteiger partial charge in [-0.1, -0.05) is 64.1 Å². The molecule has 0 aliphatic carbocycles. The summed E-state index contributed by atoms with van der Waals surface area (Å²) in [5.74, 6) is 0. The molecule has 0 aliphatic heterocycles. The first kappa shape index (κ1) is 15.5. The first-order valence-electron chi connectivity index (χ1n) is 6.36. The van der Waals surface area contributed by atoms with Crippen LogP contribution >= 0.6 is 34.8 Å². The molecule has 106 valence electrons. The van der Waals surface area contributed by atoms with E-state index < -0.39 is 0 Å². The number of anilines is 1. The Bertz CT molecular complexity index is 594. The van der Waals surface area contributed by atoms with Gasteiger partial charge in [-0.25, -0.2) is 0 Å². The van der Waals surface area contributed by atoms with E-state index in [1.807, 2.05) is 0 Å². The second kappa shape index (κ2) is 6.26. The van der Waals surface area contributed by atoms with Crippen LogP contribution in [0.4, 0.5) is 5.69 Å². The number of aryl methyl sites for hydroxylation is 2. The summed E-state index contributed by atoms with van der Waals surface area (Å²) in [6.45, 7) is 6.26. The lowest BCUT2D eigenvalue weighted by Gasteiger charge is -2.19. The molecule has 1 atom stereocenters. The van der Waals surface area contributed by atoms with Gasteiger partial charge in [-0.15, -0.1) is 0 Å². The van der Waals surface area contributed by atoms with E-state index in [0.29, 0.717) is 20.8 Å². The minimum Gasteiger partial charge on any atom is -0.376 e. The van der Waals surface area contributed by atoms with Crippen molar-refractivity contribution in [3.05, 3.63) is 62.1 Å². The summed E-state index contributed by atoms with van der Waals surface area (Å²) in [5, 5.41) is 4.94. The lowest BCUT2D eigenvalue weighted by atomic mass is 10.0. The lowest BCUT2D eigenvalue weighted by molar-refractivity contribution is 0.881. The number of hydrogen-bond acceptors (Lipinski definition) is 1. The van der Waals surface area contributed by atoms with Crippen LogP contribution in [-0.2, 0) is 0 Å². The molecule has 0 fully saturated rings. The Labute approximate surface area is 134 Å². The number of rotatable bonds is 3. The molecule has 0 aromatic heterocycles. The maximum absolute atomic E-state index is 6.20. The predicted octanol–water partition coefficient (Wildman–Crippen LogP) is 6.44. The highest BCUT2D eigenvalue weighted by atomic mass is 35.5. The highest BCUT2D eigenvalue weighted by Crippen LogP contribution is 2.36. The second-order valence-electron chi connectivity index (χ2n) is 5.03. The maximum atomic E-state index is 6.20. The molecule has 0 heterocycles. The Morgan fingerprint density at radius 1 is 0.850 bits per heavy atom. The van der Waals surface area contributed by atoms with Crippen LogP contribution in [0.15, 0.2) is 30.3 Å². The molecule has 0 saturated heterocycles. The van der Waals surface area contributed by atoms with Crippen LogP contribution in [0.25, 0.3) is 0 Å². The van der Waals surface area contributed by atoms with Crippen LogP contribution in [0.5, 0.6) is 0 Å². The topological polar surface area (TPSA) is 12.0 Å². The Balaban J connectivity index is 2.30. The molecule has 0 bridgehead atoms. The molecule has 0 saturated carbocycles. The van der Waals surface area contributed by atoms with Crippen molar-refractivity contribution in [3.63, 3.8) is 0 Å². The molecule has 1 nitrogen and oxygen atoms in total. The molecule has 0 radical (unpaired) electrons. The van der Waals surface area contributed by atoms with Gasteiger partial charge in [-0.3, -0.25) is 0 Å². The minimum atomic E-state index is 0.102. The van der Waals surface area contributed by atoms with E-state index in [0.717, 1.165) is 0 Å². The van der Waals surface area contributed by atoms with E-state index in [1.54, 1.807) is 12.1 Å². The van der Waals surface area contributed by atoms with E-state index in [-0.39, 0.29) is 6.04 Å². The summed E-state index contributed by atoms with van der Waals surface area (Å²) < 4.78 is 0. The Morgan fingerprint density at radius 3 is 1.85 bits per heavy atom. The maximum Gasteiger partial charge on any atom is 0.0724 e. The summed E-state index contributed by atoms with van der Waals surface area (Å²) in [7, 11) is 0. The predicted molar refractivity (Wildman–Crippen MR) is 89.4 cm³/mol. The lowest BCUT2D eigenvalue weighted by Crippen LogP contribution is -2.08. The molecule has 1 N–H and O–H groups in total. The Morgan fingerprint density at radius 2 is 1.35 bits per heavy atom. The highest BCUT2D eigenvalue weighted by Gasteiger charge is 2.12.